The number of hydrogen-bond donors (Lipinski definition) is 2. The first-order valence-electron chi connectivity index (χ1n) is 6.65. The average Bonchev–Trinajstić information content (AvgIpc) is 3.14. The Hall–Kier alpha value is -1.08. The molecule has 0 radical (unpaired) electrons. The highest BCUT2D eigenvalue weighted by Gasteiger charge is 2.22. The predicted molar refractivity (Wildman–Crippen MR) is 94.1 cm³/mol. The van der Waals surface area contributed by atoms with Gasteiger partial charge in [-0.05, 0) is 25.0 Å². The van der Waals surface area contributed by atoms with E-state index in [9.17, 15) is 4.79 Å². The average molecular weight is 366 g/mol. The van der Waals surface area contributed by atoms with Crippen LogP contribution in [-0.4, -0.2) is 23.0 Å². The molecular weight excluding hydrogens is 345 g/mol. The molecule has 0 atom stereocenters. The summed E-state index contributed by atoms with van der Waals surface area (Å²) in [5, 5.41) is 3.58. The van der Waals surface area contributed by atoms with E-state index in [1.807, 2.05) is 19.9 Å². The van der Waals surface area contributed by atoms with E-state index in [0.717, 1.165) is 12.8 Å². The topological polar surface area (TPSA) is 81.1 Å². The van der Waals surface area contributed by atoms with Crippen LogP contribution in [0.2, 0.25) is 0 Å². The van der Waals surface area contributed by atoms with Gasteiger partial charge in [0.05, 0.1) is 12.5 Å². The van der Waals surface area contributed by atoms with Gasteiger partial charge in [-0.1, -0.05) is 13.8 Å². The predicted octanol–water partition coefficient (Wildman–Crippen LogP) is 3.49. The van der Waals surface area contributed by atoms with E-state index in [0.29, 0.717) is 22.2 Å². The summed E-state index contributed by atoms with van der Waals surface area (Å²) in [7, 11) is 0. The molecule has 0 spiro atoms. The minimum absolute atomic E-state index is 0. The van der Waals surface area contributed by atoms with E-state index in [1.165, 1.54) is 11.3 Å². The summed E-state index contributed by atoms with van der Waals surface area (Å²) in [6.07, 6.45) is 4.80. The number of nitrogens with one attached hydrogen (secondary N) is 1. The Morgan fingerprint density at radius 2 is 2.09 bits per heavy atom. The summed E-state index contributed by atoms with van der Waals surface area (Å²) in [5.41, 5.74) is 5.82. The highest BCUT2D eigenvalue weighted by molar-refractivity contribution is 7.16. The normalized spacial score (nSPS) is 10.5. The van der Waals surface area contributed by atoms with Crippen molar-refractivity contribution in [3.05, 3.63) is 29.5 Å². The summed E-state index contributed by atoms with van der Waals surface area (Å²) in [6.45, 7) is 4.52. The van der Waals surface area contributed by atoms with Gasteiger partial charge in [-0.3, -0.25) is 4.79 Å². The number of thiazole rings is 1. The third kappa shape index (κ3) is 4.98. The molecule has 0 aliphatic rings. The summed E-state index contributed by atoms with van der Waals surface area (Å²) in [6, 6.07) is 3.61. The van der Waals surface area contributed by atoms with Gasteiger partial charge in [-0.15, -0.1) is 36.2 Å². The zero-order valence-corrected chi connectivity index (χ0v) is 14.9. The Morgan fingerprint density at radius 1 is 1.41 bits per heavy atom. The number of nitrogens with zero attached hydrogens (tertiary/aromatic N) is 1. The van der Waals surface area contributed by atoms with Gasteiger partial charge in [-0.25, -0.2) is 4.98 Å². The molecule has 3 N–H and O–H groups in total. The van der Waals surface area contributed by atoms with E-state index in [-0.39, 0.29) is 36.3 Å². The van der Waals surface area contributed by atoms with Crippen LogP contribution in [0.3, 0.4) is 0 Å². The molecule has 0 fully saturated rings. The fraction of sp³-hybridized carbons (Fsp3) is 0.429. The van der Waals surface area contributed by atoms with Crippen LogP contribution in [0.1, 0.15) is 36.4 Å². The molecule has 0 saturated carbocycles. The van der Waals surface area contributed by atoms with Crippen molar-refractivity contribution in [3.63, 3.8) is 0 Å². The number of rotatable bonds is 6. The molecule has 124 valence electrons. The van der Waals surface area contributed by atoms with Crippen molar-refractivity contribution in [1.29, 1.82) is 0 Å². The van der Waals surface area contributed by atoms with Gasteiger partial charge in [0.25, 0.3) is 5.91 Å². The lowest BCUT2D eigenvalue weighted by molar-refractivity contribution is 0.0946. The summed E-state index contributed by atoms with van der Waals surface area (Å²) in [4.78, 5) is 16.8. The van der Waals surface area contributed by atoms with Crippen molar-refractivity contribution in [1.82, 2.24) is 10.3 Å². The van der Waals surface area contributed by atoms with E-state index >= 15 is 0 Å². The molecule has 2 aromatic heterocycles. The second-order valence-corrected chi connectivity index (χ2v) is 5.79. The minimum atomic E-state index is -0.343. The van der Waals surface area contributed by atoms with E-state index < -0.39 is 0 Å². The second kappa shape index (κ2) is 9.15. The Kier molecular flexibility index (Phi) is 8.70. The molecule has 0 unspecified atom stereocenters. The van der Waals surface area contributed by atoms with Gasteiger partial charge in [0.1, 0.15) is 4.88 Å². The molecular formula is C14H21Cl2N3O2S. The van der Waals surface area contributed by atoms with Crippen LogP contribution in [0, 0.1) is 0 Å². The minimum Gasteiger partial charge on any atom is -0.462 e. The second-order valence-electron chi connectivity index (χ2n) is 4.76. The van der Waals surface area contributed by atoms with E-state index in [4.69, 9.17) is 10.2 Å². The number of aromatic nitrogens is 1. The first-order valence-corrected chi connectivity index (χ1v) is 7.46. The molecule has 1 amide bonds. The standard InChI is InChI=1S/C14H19N3O2S.2ClH/c1-3-14(15,4-2)9-17-12(18)11-8-16-13(20-11)10-6-5-7-19-10;;/h5-8H,3-4,9,15H2,1-2H3,(H,17,18);2*1H. The lowest BCUT2D eigenvalue weighted by Gasteiger charge is -2.26. The number of nitrogens with two attached hydrogens (primary N) is 1. The summed E-state index contributed by atoms with van der Waals surface area (Å²) >= 11 is 1.31. The van der Waals surface area contributed by atoms with Crippen molar-refractivity contribution in [2.45, 2.75) is 32.2 Å². The third-order valence-corrected chi connectivity index (χ3v) is 4.48. The molecule has 0 bridgehead atoms. The summed E-state index contributed by atoms with van der Waals surface area (Å²) < 4.78 is 5.26. The SMILES string of the molecule is CCC(N)(CC)CNC(=O)c1cnc(-c2ccco2)s1.Cl.Cl. The first-order chi connectivity index (χ1) is 9.58. The highest BCUT2D eigenvalue weighted by atomic mass is 35.5. The van der Waals surface area contributed by atoms with Gasteiger partial charge in [0, 0.05) is 12.1 Å². The Balaban J connectivity index is 0.00000220. The number of amides is 1. The number of halogens is 2. The Bertz CT molecular complexity index is 568. The van der Waals surface area contributed by atoms with Gasteiger partial charge < -0.3 is 15.5 Å². The van der Waals surface area contributed by atoms with Crippen molar-refractivity contribution in [2.24, 2.45) is 5.73 Å². The van der Waals surface area contributed by atoms with Crippen LogP contribution in [0.5, 0.6) is 0 Å². The maximum absolute atomic E-state index is 12.1. The highest BCUT2D eigenvalue weighted by Crippen LogP contribution is 2.25. The zero-order chi connectivity index (χ0) is 14.6. The van der Waals surface area contributed by atoms with Crippen LogP contribution >= 0.6 is 36.2 Å². The zero-order valence-electron chi connectivity index (χ0n) is 12.5. The van der Waals surface area contributed by atoms with Gasteiger partial charge in [-0.2, -0.15) is 0 Å². The van der Waals surface area contributed by atoms with Crippen LogP contribution in [0.15, 0.2) is 29.0 Å². The Labute approximate surface area is 146 Å². The van der Waals surface area contributed by atoms with Gasteiger partial charge in [0.2, 0.25) is 0 Å². The number of carbonyl (C=O) groups is 1. The molecule has 2 aromatic rings. The van der Waals surface area contributed by atoms with Gasteiger partial charge >= 0.3 is 0 Å². The number of furan rings is 1. The maximum Gasteiger partial charge on any atom is 0.263 e. The quantitative estimate of drug-likeness (QED) is 0.820. The molecule has 2 rings (SSSR count). The molecule has 8 heteroatoms. The van der Waals surface area contributed by atoms with E-state index in [1.54, 1.807) is 18.5 Å². The molecule has 2 heterocycles. The van der Waals surface area contributed by atoms with Crippen molar-refractivity contribution in [3.8, 4) is 10.8 Å². The first kappa shape index (κ1) is 20.9. The largest absolute Gasteiger partial charge is 0.462 e. The molecule has 5 nitrogen and oxygen atoms in total. The fourth-order valence-electron chi connectivity index (χ4n) is 1.74. The van der Waals surface area contributed by atoms with E-state index in [2.05, 4.69) is 10.3 Å². The lowest BCUT2D eigenvalue weighted by atomic mass is 9.94. The molecule has 22 heavy (non-hydrogen) atoms. The maximum atomic E-state index is 12.1. The van der Waals surface area contributed by atoms with Crippen molar-refractivity contribution in [2.75, 3.05) is 6.54 Å². The molecule has 0 aliphatic heterocycles. The van der Waals surface area contributed by atoms with Crippen LogP contribution in [-0.2, 0) is 0 Å². The van der Waals surface area contributed by atoms with Gasteiger partial charge in [0.15, 0.2) is 10.8 Å². The number of carbonyl (C=O) groups excluding carboxylic acids is 1. The smallest absolute Gasteiger partial charge is 0.263 e. The fourth-order valence-corrected chi connectivity index (χ4v) is 2.54. The van der Waals surface area contributed by atoms with Crippen LogP contribution < -0.4 is 11.1 Å². The van der Waals surface area contributed by atoms with Crippen molar-refractivity contribution < 1.29 is 9.21 Å². The monoisotopic (exact) mass is 365 g/mol. The van der Waals surface area contributed by atoms with Crippen LogP contribution in [0.25, 0.3) is 10.8 Å². The van der Waals surface area contributed by atoms with Crippen LogP contribution in [0.4, 0.5) is 0 Å². The lowest BCUT2D eigenvalue weighted by Crippen LogP contribution is -2.49. The summed E-state index contributed by atoms with van der Waals surface area (Å²) in [5.74, 6) is 0.529. The third-order valence-electron chi connectivity index (χ3n) is 3.47. The molecule has 0 saturated heterocycles. The Morgan fingerprint density at radius 3 is 2.64 bits per heavy atom. The molecule has 0 aromatic carbocycles. The van der Waals surface area contributed by atoms with Crippen molar-refractivity contribution >= 4 is 42.1 Å². The molecule has 0 aliphatic carbocycles. The number of hydrogen-bond acceptors (Lipinski definition) is 5.